The number of hydrogen-bond acceptors (Lipinski definition) is 3. The summed E-state index contributed by atoms with van der Waals surface area (Å²) in [4.78, 5) is 25.3. The van der Waals surface area contributed by atoms with Crippen molar-refractivity contribution < 1.29 is 19.4 Å². The van der Waals surface area contributed by atoms with Gasteiger partial charge < -0.3 is 20.1 Å². The maximum Gasteiger partial charge on any atom is 0.317 e. The van der Waals surface area contributed by atoms with Crippen molar-refractivity contribution >= 4 is 12.0 Å². The molecule has 0 aromatic carbocycles. The fourth-order valence-corrected chi connectivity index (χ4v) is 2.74. The molecule has 2 atom stereocenters. The third-order valence-corrected chi connectivity index (χ3v) is 4.01. The summed E-state index contributed by atoms with van der Waals surface area (Å²) in [6, 6.07) is -0.216. The fourth-order valence-electron chi connectivity index (χ4n) is 2.74. The standard InChI is InChI=1S/C14H26N2O4/c1-4-6-14(12(17)18)7-8-16(10-14)13(19)15-11(5-2)9-20-3/h11H,4-10H2,1-3H3,(H,15,19)(H,17,18). The lowest BCUT2D eigenvalue weighted by molar-refractivity contribution is -0.148. The topological polar surface area (TPSA) is 78.9 Å². The van der Waals surface area contributed by atoms with Gasteiger partial charge in [-0.05, 0) is 19.3 Å². The Morgan fingerprint density at radius 2 is 2.15 bits per heavy atom. The van der Waals surface area contributed by atoms with Gasteiger partial charge in [0.05, 0.1) is 18.1 Å². The van der Waals surface area contributed by atoms with Crippen LogP contribution < -0.4 is 5.32 Å². The molecule has 0 saturated carbocycles. The van der Waals surface area contributed by atoms with E-state index in [4.69, 9.17) is 4.74 Å². The summed E-state index contributed by atoms with van der Waals surface area (Å²) in [5.41, 5.74) is -0.769. The zero-order valence-electron chi connectivity index (χ0n) is 12.6. The summed E-state index contributed by atoms with van der Waals surface area (Å²) in [7, 11) is 1.60. The highest BCUT2D eigenvalue weighted by atomic mass is 16.5. The number of carboxylic acid groups (broad SMARTS) is 1. The van der Waals surface area contributed by atoms with Gasteiger partial charge in [-0.25, -0.2) is 4.79 Å². The van der Waals surface area contributed by atoms with Crippen LogP contribution in [0.2, 0.25) is 0 Å². The van der Waals surface area contributed by atoms with Crippen molar-refractivity contribution in [2.24, 2.45) is 5.41 Å². The lowest BCUT2D eigenvalue weighted by Crippen LogP contribution is -2.46. The molecule has 2 N–H and O–H groups in total. The molecule has 1 rings (SSSR count). The first-order valence-corrected chi connectivity index (χ1v) is 7.26. The number of aliphatic carboxylic acids is 1. The third kappa shape index (κ3) is 3.85. The largest absolute Gasteiger partial charge is 0.481 e. The number of amides is 2. The van der Waals surface area contributed by atoms with Crippen LogP contribution >= 0.6 is 0 Å². The number of methoxy groups -OCH3 is 1. The van der Waals surface area contributed by atoms with Crippen molar-refractivity contribution in [2.45, 2.75) is 45.6 Å². The van der Waals surface area contributed by atoms with E-state index >= 15 is 0 Å². The van der Waals surface area contributed by atoms with Crippen molar-refractivity contribution in [2.75, 3.05) is 26.8 Å². The molecule has 2 unspecified atom stereocenters. The molecule has 0 aromatic rings. The van der Waals surface area contributed by atoms with Crippen LogP contribution in [0.5, 0.6) is 0 Å². The van der Waals surface area contributed by atoms with Gasteiger partial charge in [0.2, 0.25) is 0 Å². The predicted molar refractivity (Wildman–Crippen MR) is 75.7 cm³/mol. The molecule has 116 valence electrons. The molecule has 6 heteroatoms. The van der Waals surface area contributed by atoms with Gasteiger partial charge in [-0.2, -0.15) is 0 Å². The number of likely N-dealkylation sites (tertiary alicyclic amines) is 1. The van der Waals surface area contributed by atoms with Gasteiger partial charge in [0.15, 0.2) is 0 Å². The molecule has 1 heterocycles. The van der Waals surface area contributed by atoms with Gasteiger partial charge in [0, 0.05) is 20.2 Å². The fraction of sp³-hybridized carbons (Fsp3) is 0.857. The molecule has 0 bridgehead atoms. The molecule has 2 amide bonds. The molecule has 1 aliphatic rings. The first-order chi connectivity index (χ1) is 9.49. The molecule has 6 nitrogen and oxygen atoms in total. The first kappa shape index (κ1) is 16.8. The van der Waals surface area contributed by atoms with Crippen LogP contribution in [-0.2, 0) is 9.53 Å². The van der Waals surface area contributed by atoms with E-state index in [2.05, 4.69) is 5.32 Å². The Labute approximate surface area is 120 Å². The lowest BCUT2D eigenvalue weighted by atomic mass is 9.83. The highest BCUT2D eigenvalue weighted by molar-refractivity contribution is 5.79. The van der Waals surface area contributed by atoms with Crippen molar-refractivity contribution in [3.63, 3.8) is 0 Å². The highest BCUT2D eigenvalue weighted by Gasteiger charge is 2.45. The monoisotopic (exact) mass is 286 g/mol. The smallest absolute Gasteiger partial charge is 0.317 e. The summed E-state index contributed by atoms with van der Waals surface area (Å²) in [6.45, 7) is 5.22. The second-order valence-electron chi connectivity index (χ2n) is 5.52. The van der Waals surface area contributed by atoms with Crippen molar-refractivity contribution in [3.8, 4) is 0 Å². The van der Waals surface area contributed by atoms with Gasteiger partial charge in [-0.3, -0.25) is 4.79 Å². The second kappa shape index (κ2) is 7.47. The zero-order valence-corrected chi connectivity index (χ0v) is 12.6. The van der Waals surface area contributed by atoms with E-state index in [0.29, 0.717) is 32.5 Å². The van der Waals surface area contributed by atoms with Crippen LogP contribution in [0, 0.1) is 5.41 Å². The van der Waals surface area contributed by atoms with E-state index < -0.39 is 11.4 Å². The number of rotatable bonds is 7. The van der Waals surface area contributed by atoms with Crippen LogP contribution in [0.15, 0.2) is 0 Å². The van der Waals surface area contributed by atoms with E-state index in [9.17, 15) is 14.7 Å². The quantitative estimate of drug-likeness (QED) is 0.746. The number of nitrogens with zero attached hydrogens (tertiary/aromatic N) is 1. The Morgan fingerprint density at radius 3 is 2.65 bits per heavy atom. The number of urea groups is 1. The summed E-state index contributed by atoms with van der Waals surface area (Å²) >= 11 is 0. The van der Waals surface area contributed by atoms with Gasteiger partial charge in [-0.1, -0.05) is 20.3 Å². The Hall–Kier alpha value is -1.30. The van der Waals surface area contributed by atoms with Crippen molar-refractivity contribution in [3.05, 3.63) is 0 Å². The molecule has 0 spiro atoms. The van der Waals surface area contributed by atoms with E-state index in [1.165, 1.54) is 0 Å². The Balaban J connectivity index is 2.61. The van der Waals surface area contributed by atoms with Crippen LogP contribution in [0.4, 0.5) is 4.79 Å². The average molecular weight is 286 g/mol. The van der Waals surface area contributed by atoms with Crippen molar-refractivity contribution in [1.29, 1.82) is 0 Å². The Morgan fingerprint density at radius 1 is 1.45 bits per heavy atom. The number of ether oxygens (including phenoxy) is 1. The molecule has 20 heavy (non-hydrogen) atoms. The van der Waals surface area contributed by atoms with E-state index in [1.54, 1.807) is 12.0 Å². The summed E-state index contributed by atoms with van der Waals surface area (Å²) < 4.78 is 5.05. The Kier molecular flexibility index (Phi) is 6.26. The van der Waals surface area contributed by atoms with Crippen LogP contribution in [-0.4, -0.2) is 54.9 Å². The van der Waals surface area contributed by atoms with Gasteiger partial charge in [0.25, 0.3) is 0 Å². The molecular weight excluding hydrogens is 260 g/mol. The number of nitrogens with one attached hydrogen (secondary N) is 1. The van der Waals surface area contributed by atoms with Gasteiger partial charge >= 0.3 is 12.0 Å². The minimum atomic E-state index is -0.793. The molecule has 1 saturated heterocycles. The van der Waals surface area contributed by atoms with Crippen LogP contribution in [0.1, 0.15) is 39.5 Å². The van der Waals surface area contributed by atoms with Crippen LogP contribution in [0.3, 0.4) is 0 Å². The summed E-state index contributed by atoms with van der Waals surface area (Å²) in [5.74, 6) is -0.793. The molecular formula is C14H26N2O4. The first-order valence-electron chi connectivity index (χ1n) is 7.26. The van der Waals surface area contributed by atoms with Crippen LogP contribution in [0.25, 0.3) is 0 Å². The average Bonchev–Trinajstić information content (AvgIpc) is 2.84. The zero-order chi connectivity index (χ0) is 15.2. The normalized spacial score (nSPS) is 23.6. The maximum absolute atomic E-state index is 12.2. The number of carbonyl (C=O) groups is 2. The minimum Gasteiger partial charge on any atom is -0.481 e. The van der Waals surface area contributed by atoms with Gasteiger partial charge in [-0.15, -0.1) is 0 Å². The molecule has 0 aromatic heterocycles. The van der Waals surface area contributed by atoms with E-state index in [0.717, 1.165) is 12.8 Å². The summed E-state index contributed by atoms with van der Waals surface area (Å²) in [6.07, 6.45) is 2.74. The number of carbonyl (C=O) groups excluding carboxylic acids is 1. The number of hydrogen-bond donors (Lipinski definition) is 2. The minimum absolute atomic E-state index is 0.0292. The molecule has 1 fully saturated rings. The summed E-state index contributed by atoms with van der Waals surface area (Å²) in [5, 5.41) is 12.3. The maximum atomic E-state index is 12.2. The number of carboxylic acids is 1. The molecule has 1 aliphatic heterocycles. The third-order valence-electron chi connectivity index (χ3n) is 4.01. The lowest BCUT2D eigenvalue weighted by Gasteiger charge is -2.25. The molecule has 0 aliphatic carbocycles. The molecule has 0 radical (unpaired) electrons. The van der Waals surface area contributed by atoms with E-state index in [1.807, 2.05) is 13.8 Å². The van der Waals surface area contributed by atoms with Crippen molar-refractivity contribution in [1.82, 2.24) is 10.2 Å². The van der Waals surface area contributed by atoms with Gasteiger partial charge in [0.1, 0.15) is 0 Å². The highest BCUT2D eigenvalue weighted by Crippen LogP contribution is 2.35. The second-order valence-corrected chi connectivity index (χ2v) is 5.52. The SMILES string of the molecule is CCCC1(C(=O)O)CCN(C(=O)NC(CC)COC)C1. The predicted octanol–water partition coefficient (Wildman–Crippen LogP) is 1.70. The Bertz CT molecular complexity index is 348. The van der Waals surface area contributed by atoms with E-state index in [-0.39, 0.29) is 12.1 Å².